The van der Waals surface area contributed by atoms with Crippen molar-refractivity contribution >= 4 is 15.9 Å². The second-order valence-electron chi connectivity index (χ2n) is 3.43. The minimum atomic E-state index is -0.551. The second-order valence-corrected chi connectivity index (χ2v) is 4.21. The molecule has 0 aromatic carbocycles. The van der Waals surface area contributed by atoms with Crippen LogP contribution in [-0.4, -0.2) is 24.2 Å². The van der Waals surface area contributed by atoms with Crippen molar-refractivity contribution in [3.63, 3.8) is 0 Å². The Morgan fingerprint density at radius 1 is 1.33 bits per heavy atom. The van der Waals surface area contributed by atoms with Crippen LogP contribution < -0.4 is 15.2 Å². The van der Waals surface area contributed by atoms with E-state index in [1.165, 1.54) is 20.4 Å². The molecule has 2 aromatic rings. The van der Waals surface area contributed by atoms with Crippen LogP contribution in [0, 0.1) is 0 Å². The molecule has 0 spiro atoms. The average molecular weight is 314 g/mol. The fourth-order valence-electron chi connectivity index (χ4n) is 1.46. The summed E-state index contributed by atoms with van der Waals surface area (Å²) in [5.74, 6) is 1.25. The van der Waals surface area contributed by atoms with Gasteiger partial charge in [-0.05, 0) is 28.1 Å². The van der Waals surface area contributed by atoms with Crippen LogP contribution in [0.1, 0.15) is 17.5 Å². The van der Waals surface area contributed by atoms with Crippen LogP contribution >= 0.6 is 15.9 Å². The Balaban J connectivity index is 2.38. The van der Waals surface area contributed by atoms with E-state index in [0.717, 1.165) is 0 Å². The maximum absolute atomic E-state index is 6.06. The highest BCUT2D eigenvalue weighted by Crippen LogP contribution is 2.28. The van der Waals surface area contributed by atoms with Gasteiger partial charge in [0.15, 0.2) is 4.67 Å². The lowest BCUT2D eigenvalue weighted by atomic mass is 10.1. The van der Waals surface area contributed by atoms with Crippen molar-refractivity contribution in [1.29, 1.82) is 0 Å². The molecule has 0 saturated heterocycles. The van der Waals surface area contributed by atoms with E-state index in [-0.39, 0.29) is 0 Å². The largest absolute Gasteiger partial charge is 0.480 e. The highest BCUT2D eigenvalue weighted by molar-refractivity contribution is 9.10. The van der Waals surface area contributed by atoms with Gasteiger partial charge in [-0.2, -0.15) is 4.98 Å². The topological polar surface area (TPSA) is 83.4 Å². The SMILES string of the molecule is COc1cnc(C(N)c2ccc(Br)o2)c(OC)n1. The Labute approximate surface area is 112 Å². The molecule has 1 unspecified atom stereocenters. The normalized spacial score (nSPS) is 12.2. The first-order chi connectivity index (χ1) is 8.65. The summed E-state index contributed by atoms with van der Waals surface area (Å²) in [6, 6.07) is 2.98. The van der Waals surface area contributed by atoms with Crippen molar-refractivity contribution in [3.8, 4) is 11.8 Å². The second kappa shape index (κ2) is 5.36. The molecule has 2 N–H and O–H groups in total. The van der Waals surface area contributed by atoms with E-state index in [0.29, 0.717) is 27.9 Å². The molecule has 6 nitrogen and oxygen atoms in total. The first-order valence-corrected chi connectivity index (χ1v) is 5.90. The molecule has 0 amide bonds. The van der Waals surface area contributed by atoms with Gasteiger partial charge in [-0.1, -0.05) is 0 Å². The third kappa shape index (κ3) is 2.46. The molecular weight excluding hydrogens is 302 g/mol. The molecule has 0 saturated carbocycles. The van der Waals surface area contributed by atoms with E-state index in [4.69, 9.17) is 19.6 Å². The minimum Gasteiger partial charge on any atom is -0.480 e. The number of methoxy groups -OCH3 is 2. The molecular formula is C11H12BrN3O3. The number of nitrogens with zero attached hydrogens (tertiary/aromatic N) is 2. The lowest BCUT2D eigenvalue weighted by Crippen LogP contribution is -2.15. The van der Waals surface area contributed by atoms with Crippen LogP contribution in [0.15, 0.2) is 27.4 Å². The van der Waals surface area contributed by atoms with Gasteiger partial charge in [0.1, 0.15) is 17.5 Å². The molecule has 2 heterocycles. The Bertz CT molecular complexity index is 544. The van der Waals surface area contributed by atoms with Crippen molar-refractivity contribution in [2.45, 2.75) is 6.04 Å². The monoisotopic (exact) mass is 313 g/mol. The van der Waals surface area contributed by atoms with Crippen molar-refractivity contribution < 1.29 is 13.9 Å². The van der Waals surface area contributed by atoms with Gasteiger partial charge in [0, 0.05) is 0 Å². The molecule has 0 aliphatic heterocycles. The Hall–Kier alpha value is -1.60. The summed E-state index contributed by atoms with van der Waals surface area (Å²) in [5.41, 5.74) is 6.55. The number of nitrogens with two attached hydrogens (primary N) is 1. The molecule has 0 radical (unpaired) electrons. The molecule has 96 valence electrons. The molecule has 0 aliphatic carbocycles. The molecule has 18 heavy (non-hydrogen) atoms. The minimum absolute atomic E-state index is 0.314. The molecule has 2 aromatic heterocycles. The summed E-state index contributed by atoms with van der Waals surface area (Å²) >= 11 is 3.22. The number of rotatable bonds is 4. The van der Waals surface area contributed by atoms with Gasteiger partial charge in [-0.25, -0.2) is 4.98 Å². The van der Waals surface area contributed by atoms with Crippen molar-refractivity contribution in [3.05, 3.63) is 34.5 Å². The Kier molecular flexibility index (Phi) is 3.83. The van der Waals surface area contributed by atoms with Crippen molar-refractivity contribution in [2.24, 2.45) is 5.73 Å². The maximum Gasteiger partial charge on any atom is 0.240 e. The highest BCUT2D eigenvalue weighted by atomic mass is 79.9. The quantitative estimate of drug-likeness (QED) is 0.928. The van der Waals surface area contributed by atoms with Gasteiger partial charge in [0.25, 0.3) is 0 Å². The van der Waals surface area contributed by atoms with Gasteiger partial charge in [-0.15, -0.1) is 0 Å². The third-order valence-corrected chi connectivity index (χ3v) is 2.77. The summed E-state index contributed by atoms with van der Waals surface area (Å²) in [6.07, 6.45) is 1.48. The van der Waals surface area contributed by atoms with Gasteiger partial charge < -0.3 is 19.6 Å². The fourth-order valence-corrected chi connectivity index (χ4v) is 1.78. The maximum atomic E-state index is 6.06. The van der Waals surface area contributed by atoms with Crippen LogP contribution in [0.3, 0.4) is 0 Å². The standard InChI is InChI=1S/C11H12BrN3O3/c1-16-8-5-14-10(11(15-8)17-2)9(13)6-3-4-7(12)18-6/h3-5,9H,13H2,1-2H3. The molecule has 2 rings (SSSR count). The number of hydrogen-bond donors (Lipinski definition) is 1. The highest BCUT2D eigenvalue weighted by Gasteiger charge is 2.20. The molecule has 0 fully saturated rings. The van der Waals surface area contributed by atoms with Crippen molar-refractivity contribution in [1.82, 2.24) is 9.97 Å². The van der Waals surface area contributed by atoms with Crippen LogP contribution in [0.4, 0.5) is 0 Å². The Morgan fingerprint density at radius 2 is 2.11 bits per heavy atom. The van der Waals surface area contributed by atoms with E-state index >= 15 is 0 Å². The average Bonchev–Trinajstić information content (AvgIpc) is 2.83. The first-order valence-electron chi connectivity index (χ1n) is 5.11. The number of hydrogen-bond acceptors (Lipinski definition) is 6. The molecule has 0 aliphatic rings. The van der Waals surface area contributed by atoms with Gasteiger partial charge in [-0.3, -0.25) is 0 Å². The smallest absolute Gasteiger partial charge is 0.240 e. The van der Waals surface area contributed by atoms with Gasteiger partial charge in [0.2, 0.25) is 11.8 Å². The number of ether oxygens (including phenoxy) is 2. The number of aromatic nitrogens is 2. The summed E-state index contributed by atoms with van der Waals surface area (Å²) in [7, 11) is 3.00. The number of furan rings is 1. The predicted octanol–water partition coefficient (Wildman–Crippen LogP) is 1.90. The van der Waals surface area contributed by atoms with E-state index in [1.807, 2.05) is 0 Å². The fraction of sp³-hybridized carbons (Fsp3) is 0.273. The zero-order chi connectivity index (χ0) is 13.1. The summed E-state index contributed by atoms with van der Waals surface area (Å²) < 4.78 is 16.1. The zero-order valence-electron chi connectivity index (χ0n) is 9.88. The van der Waals surface area contributed by atoms with E-state index in [2.05, 4.69) is 25.9 Å². The lowest BCUT2D eigenvalue weighted by Gasteiger charge is -2.12. The van der Waals surface area contributed by atoms with Crippen LogP contribution in [0.5, 0.6) is 11.8 Å². The third-order valence-electron chi connectivity index (χ3n) is 2.34. The van der Waals surface area contributed by atoms with Crippen molar-refractivity contribution in [2.75, 3.05) is 14.2 Å². The molecule has 7 heteroatoms. The van der Waals surface area contributed by atoms with E-state index < -0.39 is 6.04 Å². The van der Waals surface area contributed by atoms with E-state index in [9.17, 15) is 0 Å². The molecule has 1 atom stereocenters. The van der Waals surface area contributed by atoms with E-state index in [1.54, 1.807) is 12.1 Å². The summed E-state index contributed by atoms with van der Waals surface area (Å²) in [5, 5.41) is 0. The molecule has 0 bridgehead atoms. The number of halogens is 1. The van der Waals surface area contributed by atoms with Crippen LogP contribution in [0.25, 0.3) is 0 Å². The predicted molar refractivity (Wildman–Crippen MR) is 67.6 cm³/mol. The van der Waals surface area contributed by atoms with Gasteiger partial charge >= 0.3 is 0 Å². The van der Waals surface area contributed by atoms with Crippen LogP contribution in [-0.2, 0) is 0 Å². The van der Waals surface area contributed by atoms with Gasteiger partial charge in [0.05, 0.1) is 20.4 Å². The summed E-state index contributed by atoms with van der Waals surface area (Å²) in [6.45, 7) is 0. The summed E-state index contributed by atoms with van der Waals surface area (Å²) in [4.78, 5) is 8.32. The zero-order valence-corrected chi connectivity index (χ0v) is 11.5. The first kappa shape index (κ1) is 12.8. The lowest BCUT2D eigenvalue weighted by molar-refractivity contribution is 0.352. The van der Waals surface area contributed by atoms with Crippen LogP contribution in [0.2, 0.25) is 0 Å². The Morgan fingerprint density at radius 3 is 2.67 bits per heavy atom.